The largest absolute Gasteiger partial charge is 0.481 e. The van der Waals surface area contributed by atoms with Gasteiger partial charge < -0.3 is 9.84 Å². The first kappa shape index (κ1) is 21.1. The molecule has 1 rings (SSSR count). The Hall–Kier alpha value is -1.93. The monoisotopic (exact) mass is 371 g/mol. The van der Waals surface area contributed by atoms with Crippen LogP contribution in [0.2, 0.25) is 0 Å². The van der Waals surface area contributed by atoms with Crippen LogP contribution in [-0.2, 0) is 24.3 Å². The van der Waals surface area contributed by atoms with Crippen LogP contribution in [0.25, 0.3) is 0 Å². The summed E-state index contributed by atoms with van der Waals surface area (Å²) in [6.07, 6.45) is 1.65. The fraction of sp³-hybridized carbons (Fsp3) is 0.529. The van der Waals surface area contributed by atoms with Gasteiger partial charge >= 0.3 is 11.9 Å². The molecule has 0 amide bonds. The van der Waals surface area contributed by atoms with Gasteiger partial charge in [0.05, 0.1) is 18.4 Å². The first-order valence-corrected chi connectivity index (χ1v) is 9.57. The summed E-state index contributed by atoms with van der Waals surface area (Å²) < 4.78 is 31.4. The molecule has 1 N–H and O–H groups in total. The van der Waals surface area contributed by atoms with E-state index in [0.717, 1.165) is 5.56 Å². The number of esters is 1. The highest BCUT2D eigenvalue weighted by molar-refractivity contribution is 7.89. The molecule has 0 saturated carbocycles. The molecule has 0 radical (unpaired) electrons. The summed E-state index contributed by atoms with van der Waals surface area (Å²) in [4.78, 5) is 22.1. The molecule has 0 aliphatic heterocycles. The number of sulfonamides is 1. The van der Waals surface area contributed by atoms with Crippen molar-refractivity contribution < 1.29 is 27.9 Å². The summed E-state index contributed by atoms with van der Waals surface area (Å²) in [6, 6.07) is 6.52. The number of methoxy groups -OCH3 is 1. The second-order valence-electron chi connectivity index (χ2n) is 5.75. The Morgan fingerprint density at radius 3 is 2.24 bits per heavy atom. The molecule has 0 aliphatic rings. The van der Waals surface area contributed by atoms with Crippen molar-refractivity contribution in [1.29, 1.82) is 0 Å². The number of aliphatic carboxylic acids is 1. The summed E-state index contributed by atoms with van der Waals surface area (Å²) >= 11 is 0. The lowest BCUT2D eigenvalue weighted by Gasteiger charge is -2.22. The van der Waals surface area contributed by atoms with Gasteiger partial charge in [0.2, 0.25) is 10.0 Å². The zero-order chi connectivity index (χ0) is 18.9. The molecular formula is C17H25NO6S. The van der Waals surface area contributed by atoms with Crippen molar-refractivity contribution in [3.63, 3.8) is 0 Å². The first-order valence-electron chi connectivity index (χ1n) is 8.13. The molecule has 0 unspecified atom stereocenters. The summed E-state index contributed by atoms with van der Waals surface area (Å²) in [6.45, 7) is 2.13. The molecule has 7 nitrogen and oxygen atoms in total. The highest BCUT2D eigenvalue weighted by atomic mass is 32.2. The van der Waals surface area contributed by atoms with Gasteiger partial charge in [-0.2, -0.15) is 4.31 Å². The number of carbonyl (C=O) groups is 2. The average Bonchev–Trinajstić information content (AvgIpc) is 2.56. The lowest BCUT2D eigenvalue weighted by Crippen LogP contribution is -2.34. The van der Waals surface area contributed by atoms with Crippen LogP contribution >= 0.6 is 0 Å². The Labute approximate surface area is 148 Å². The number of ether oxygens (including phenoxy) is 1. The molecular weight excluding hydrogens is 346 g/mol. The lowest BCUT2D eigenvalue weighted by atomic mass is 10.2. The topological polar surface area (TPSA) is 101 Å². The van der Waals surface area contributed by atoms with E-state index in [0.29, 0.717) is 19.3 Å². The summed E-state index contributed by atoms with van der Waals surface area (Å²) in [5.74, 6) is -1.34. The minimum absolute atomic E-state index is 0.0296. The maximum Gasteiger partial charge on any atom is 0.306 e. The molecule has 0 fully saturated rings. The smallest absolute Gasteiger partial charge is 0.306 e. The van der Waals surface area contributed by atoms with Crippen molar-refractivity contribution in [2.75, 3.05) is 20.2 Å². The van der Waals surface area contributed by atoms with Crippen molar-refractivity contribution in [3.8, 4) is 0 Å². The van der Waals surface area contributed by atoms with Gasteiger partial charge in [-0.1, -0.05) is 24.1 Å². The zero-order valence-electron chi connectivity index (χ0n) is 14.6. The molecule has 1 aromatic rings. The number of hydrogen-bond donors (Lipinski definition) is 1. The summed E-state index contributed by atoms with van der Waals surface area (Å²) in [5.41, 5.74) is 0.953. The molecule has 0 heterocycles. The molecule has 8 heteroatoms. The van der Waals surface area contributed by atoms with Crippen LogP contribution in [0.4, 0.5) is 0 Å². The van der Waals surface area contributed by atoms with Crippen molar-refractivity contribution in [2.45, 2.75) is 43.9 Å². The highest BCUT2D eigenvalue weighted by Gasteiger charge is 2.24. The van der Waals surface area contributed by atoms with E-state index in [-0.39, 0.29) is 30.8 Å². The van der Waals surface area contributed by atoms with Crippen LogP contribution in [0.1, 0.15) is 37.7 Å². The first-order chi connectivity index (χ1) is 11.8. The fourth-order valence-electron chi connectivity index (χ4n) is 2.27. The van der Waals surface area contributed by atoms with Gasteiger partial charge in [0, 0.05) is 19.5 Å². The Morgan fingerprint density at radius 1 is 1.04 bits per heavy atom. The molecule has 0 saturated heterocycles. The molecule has 140 valence electrons. The van der Waals surface area contributed by atoms with Crippen molar-refractivity contribution >= 4 is 22.0 Å². The second-order valence-corrected chi connectivity index (χ2v) is 7.69. The Bertz CT molecular complexity index is 669. The van der Waals surface area contributed by atoms with Crippen LogP contribution < -0.4 is 0 Å². The molecule has 0 aromatic heterocycles. The number of aryl methyl sites for hydroxylation is 1. The third-order valence-electron chi connectivity index (χ3n) is 3.75. The number of hydrogen-bond acceptors (Lipinski definition) is 5. The van der Waals surface area contributed by atoms with E-state index in [1.54, 1.807) is 24.3 Å². The molecule has 25 heavy (non-hydrogen) atoms. The van der Waals surface area contributed by atoms with Crippen LogP contribution in [-0.4, -0.2) is 50.0 Å². The van der Waals surface area contributed by atoms with Gasteiger partial charge in [0.25, 0.3) is 0 Å². The van der Waals surface area contributed by atoms with Crippen molar-refractivity contribution in [2.24, 2.45) is 0 Å². The maximum absolute atomic E-state index is 12.8. The zero-order valence-corrected chi connectivity index (χ0v) is 15.4. The van der Waals surface area contributed by atoms with E-state index in [1.807, 2.05) is 6.92 Å². The third-order valence-corrected chi connectivity index (χ3v) is 5.66. The average molecular weight is 371 g/mol. The molecule has 0 bridgehead atoms. The Balaban J connectivity index is 2.79. The SMILES string of the molecule is COC(=O)CCN(CCCCCC(=O)O)S(=O)(=O)c1ccc(C)cc1. The van der Waals surface area contributed by atoms with Crippen LogP contribution in [0.15, 0.2) is 29.2 Å². The number of unbranched alkanes of at least 4 members (excludes halogenated alkanes) is 2. The second kappa shape index (κ2) is 10.1. The van der Waals surface area contributed by atoms with Gasteiger partial charge in [-0.15, -0.1) is 0 Å². The third kappa shape index (κ3) is 7.23. The van der Waals surface area contributed by atoms with E-state index in [9.17, 15) is 18.0 Å². The fourth-order valence-corrected chi connectivity index (χ4v) is 3.75. The molecule has 0 aliphatic carbocycles. The number of nitrogens with zero attached hydrogens (tertiary/aromatic N) is 1. The van der Waals surface area contributed by atoms with Gasteiger partial charge in [-0.3, -0.25) is 9.59 Å². The van der Waals surface area contributed by atoms with E-state index >= 15 is 0 Å². The number of rotatable bonds is 11. The Kier molecular flexibility index (Phi) is 8.57. The van der Waals surface area contributed by atoms with E-state index in [2.05, 4.69) is 4.74 Å². The van der Waals surface area contributed by atoms with Crippen molar-refractivity contribution in [1.82, 2.24) is 4.31 Å². The number of carboxylic acid groups (broad SMARTS) is 1. The normalized spacial score (nSPS) is 11.5. The van der Waals surface area contributed by atoms with Crippen LogP contribution in [0.3, 0.4) is 0 Å². The molecule has 0 atom stereocenters. The highest BCUT2D eigenvalue weighted by Crippen LogP contribution is 2.18. The van der Waals surface area contributed by atoms with Gasteiger partial charge in [-0.05, 0) is 31.9 Å². The Morgan fingerprint density at radius 2 is 1.68 bits per heavy atom. The minimum atomic E-state index is -3.72. The van der Waals surface area contributed by atoms with E-state index in [4.69, 9.17) is 5.11 Å². The van der Waals surface area contributed by atoms with Gasteiger partial charge in [0.15, 0.2) is 0 Å². The number of carbonyl (C=O) groups excluding carboxylic acids is 1. The van der Waals surface area contributed by atoms with Crippen LogP contribution in [0, 0.1) is 6.92 Å². The summed E-state index contributed by atoms with van der Waals surface area (Å²) in [5, 5.41) is 8.64. The van der Waals surface area contributed by atoms with Gasteiger partial charge in [0.1, 0.15) is 0 Å². The number of benzene rings is 1. The van der Waals surface area contributed by atoms with E-state index < -0.39 is 22.0 Å². The van der Waals surface area contributed by atoms with Crippen LogP contribution in [0.5, 0.6) is 0 Å². The summed E-state index contributed by atoms with van der Waals surface area (Å²) in [7, 11) is -2.46. The molecule has 0 spiro atoms. The van der Waals surface area contributed by atoms with E-state index in [1.165, 1.54) is 11.4 Å². The maximum atomic E-state index is 12.8. The van der Waals surface area contributed by atoms with Gasteiger partial charge in [-0.25, -0.2) is 8.42 Å². The van der Waals surface area contributed by atoms with Crippen molar-refractivity contribution in [3.05, 3.63) is 29.8 Å². The predicted octanol–water partition coefficient (Wildman–Crippen LogP) is 2.19. The standard InChI is InChI=1S/C17H25NO6S/c1-14-7-9-15(10-8-14)25(22,23)18(13-11-17(21)24-2)12-5-3-4-6-16(19)20/h7-10H,3-6,11-13H2,1-2H3,(H,19,20). The molecule has 1 aromatic carbocycles. The predicted molar refractivity (Wildman–Crippen MR) is 92.7 cm³/mol. The quantitative estimate of drug-likeness (QED) is 0.473. The number of carboxylic acids is 1. The minimum Gasteiger partial charge on any atom is -0.481 e. The lowest BCUT2D eigenvalue weighted by molar-refractivity contribution is -0.141.